The number of imidazole rings is 1. The second-order valence-corrected chi connectivity index (χ2v) is 8.82. The molecule has 0 aliphatic heterocycles. The number of nitrogens with zero attached hydrogens (tertiary/aromatic N) is 4. The average Bonchev–Trinajstić information content (AvgIpc) is 3.38. The number of primary amides is 1. The van der Waals surface area contributed by atoms with Crippen molar-refractivity contribution >= 4 is 27.8 Å². The summed E-state index contributed by atoms with van der Waals surface area (Å²) >= 11 is 0. The van der Waals surface area contributed by atoms with Crippen LogP contribution in [-0.4, -0.2) is 37.5 Å². The fourth-order valence-corrected chi connectivity index (χ4v) is 4.49. The second kappa shape index (κ2) is 9.21. The molecule has 2 aromatic carbocycles. The number of aromatic nitrogens is 5. The smallest absolute Gasteiger partial charge is 0.267 e. The van der Waals surface area contributed by atoms with Gasteiger partial charge in [-0.25, -0.2) is 15.0 Å². The number of amides is 1. The lowest BCUT2D eigenvalue weighted by Gasteiger charge is -2.08. The zero-order chi connectivity index (χ0) is 24.5. The van der Waals surface area contributed by atoms with Gasteiger partial charge in [-0.05, 0) is 67.3 Å². The minimum absolute atomic E-state index is 0.247. The summed E-state index contributed by atoms with van der Waals surface area (Å²) in [5.41, 5.74) is 12.0. The maximum Gasteiger partial charge on any atom is 0.267 e. The van der Waals surface area contributed by atoms with Gasteiger partial charge in [-0.15, -0.1) is 0 Å². The molecule has 3 N–H and O–H groups in total. The van der Waals surface area contributed by atoms with Crippen LogP contribution in [-0.2, 0) is 26.3 Å². The molecular formula is C27H28N6O2. The van der Waals surface area contributed by atoms with Crippen molar-refractivity contribution in [2.75, 3.05) is 7.11 Å². The Hall–Kier alpha value is -4.20. The van der Waals surface area contributed by atoms with Gasteiger partial charge >= 0.3 is 0 Å². The number of methoxy groups -OCH3 is 1. The third-order valence-electron chi connectivity index (χ3n) is 6.45. The zero-order valence-electron chi connectivity index (χ0n) is 20.1. The third-order valence-corrected chi connectivity index (χ3v) is 6.45. The van der Waals surface area contributed by atoms with Crippen LogP contribution >= 0.6 is 0 Å². The fraction of sp³-hybridized carbons (Fsp3) is 0.259. The molecule has 5 rings (SSSR count). The highest BCUT2D eigenvalue weighted by Crippen LogP contribution is 2.25. The van der Waals surface area contributed by atoms with E-state index in [0.717, 1.165) is 57.6 Å². The van der Waals surface area contributed by atoms with E-state index >= 15 is 0 Å². The molecular weight excluding hydrogens is 440 g/mol. The number of hydrogen-bond acceptors (Lipinski definition) is 5. The fourth-order valence-electron chi connectivity index (χ4n) is 4.49. The van der Waals surface area contributed by atoms with Gasteiger partial charge in [0.2, 0.25) is 0 Å². The average molecular weight is 469 g/mol. The number of aryl methyl sites for hydroxylation is 4. The summed E-state index contributed by atoms with van der Waals surface area (Å²) in [5, 5.41) is 1.15. The molecule has 5 aromatic rings. The molecule has 0 atom stereocenters. The summed E-state index contributed by atoms with van der Waals surface area (Å²) < 4.78 is 7.43. The lowest BCUT2D eigenvalue weighted by Crippen LogP contribution is -2.16. The molecule has 0 aliphatic rings. The molecule has 3 heterocycles. The summed E-state index contributed by atoms with van der Waals surface area (Å²) in [6, 6.07) is 13.9. The molecule has 0 aliphatic carbocycles. The number of aromatic amines is 1. The number of benzene rings is 2. The first-order chi connectivity index (χ1) is 16.9. The van der Waals surface area contributed by atoms with E-state index in [2.05, 4.69) is 37.7 Å². The van der Waals surface area contributed by atoms with E-state index in [-0.39, 0.29) is 5.69 Å². The van der Waals surface area contributed by atoms with Crippen LogP contribution in [0.1, 0.15) is 45.4 Å². The molecule has 8 heteroatoms. The van der Waals surface area contributed by atoms with Crippen LogP contribution in [0.5, 0.6) is 5.75 Å². The van der Waals surface area contributed by atoms with Crippen LogP contribution in [0.2, 0.25) is 0 Å². The summed E-state index contributed by atoms with van der Waals surface area (Å²) in [6.07, 6.45) is 4.94. The molecule has 0 spiro atoms. The molecule has 0 radical (unpaired) electrons. The first-order valence-electron chi connectivity index (χ1n) is 11.6. The van der Waals surface area contributed by atoms with E-state index in [1.807, 2.05) is 38.4 Å². The lowest BCUT2D eigenvalue weighted by atomic mass is 10.1. The Labute approximate surface area is 203 Å². The van der Waals surface area contributed by atoms with Gasteiger partial charge in [0.1, 0.15) is 23.1 Å². The number of carbonyl (C=O) groups is 1. The largest absolute Gasteiger partial charge is 0.497 e. The molecule has 35 heavy (non-hydrogen) atoms. The van der Waals surface area contributed by atoms with Gasteiger partial charge in [-0.1, -0.05) is 6.07 Å². The van der Waals surface area contributed by atoms with Crippen LogP contribution in [0, 0.1) is 6.92 Å². The molecule has 1 amide bonds. The lowest BCUT2D eigenvalue weighted by molar-refractivity contribution is 0.0995. The van der Waals surface area contributed by atoms with Gasteiger partial charge < -0.3 is 20.0 Å². The monoisotopic (exact) mass is 468 g/mol. The molecule has 3 aromatic heterocycles. The maximum absolute atomic E-state index is 11.9. The Bertz CT molecular complexity index is 1550. The van der Waals surface area contributed by atoms with Crippen LogP contribution in [0.15, 0.2) is 48.7 Å². The molecule has 0 saturated heterocycles. The molecule has 0 fully saturated rings. The minimum Gasteiger partial charge on any atom is -0.497 e. The summed E-state index contributed by atoms with van der Waals surface area (Å²) in [6.45, 7) is 1.99. The number of nitrogens with two attached hydrogens (primary N) is 1. The van der Waals surface area contributed by atoms with E-state index in [1.54, 1.807) is 13.2 Å². The number of rotatable bonds is 8. The van der Waals surface area contributed by atoms with Crippen LogP contribution in [0.25, 0.3) is 21.9 Å². The van der Waals surface area contributed by atoms with Crippen molar-refractivity contribution in [1.82, 2.24) is 24.5 Å². The van der Waals surface area contributed by atoms with Crippen molar-refractivity contribution < 1.29 is 9.53 Å². The highest BCUT2D eigenvalue weighted by molar-refractivity contribution is 5.90. The van der Waals surface area contributed by atoms with Gasteiger partial charge in [0, 0.05) is 42.7 Å². The molecule has 0 unspecified atom stereocenters. The van der Waals surface area contributed by atoms with Crippen molar-refractivity contribution in [1.29, 1.82) is 0 Å². The van der Waals surface area contributed by atoms with E-state index < -0.39 is 5.91 Å². The Morgan fingerprint density at radius 1 is 1.09 bits per heavy atom. The highest BCUT2D eigenvalue weighted by Gasteiger charge is 2.12. The number of ether oxygens (including phenoxy) is 1. The molecule has 0 saturated carbocycles. The van der Waals surface area contributed by atoms with Crippen LogP contribution in [0.4, 0.5) is 0 Å². The third kappa shape index (κ3) is 4.59. The van der Waals surface area contributed by atoms with Gasteiger partial charge in [0.15, 0.2) is 0 Å². The predicted molar refractivity (Wildman–Crippen MR) is 136 cm³/mol. The van der Waals surface area contributed by atoms with Crippen molar-refractivity contribution in [3.05, 3.63) is 82.8 Å². The number of nitrogens with one attached hydrogen (secondary N) is 1. The molecule has 0 bridgehead atoms. The highest BCUT2D eigenvalue weighted by atomic mass is 16.5. The van der Waals surface area contributed by atoms with E-state index in [0.29, 0.717) is 18.7 Å². The van der Waals surface area contributed by atoms with Crippen LogP contribution in [0.3, 0.4) is 0 Å². The topological polar surface area (TPSA) is 112 Å². The summed E-state index contributed by atoms with van der Waals surface area (Å²) in [4.78, 5) is 29.0. The zero-order valence-corrected chi connectivity index (χ0v) is 20.1. The molecule has 8 nitrogen and oxygen atoms in total. The van der Waals surface area contributed by atoms with Crippen molar-refractivity contribution in [2.24, 2.45) is 12.8 Å². The van der Waals surface area contributed by atoms with Crippen molar-refractivity contribution in [3.8, 4) is 5.75 Å². The number of H-pyrrole nitrogens is 1. The van der Waals surface area contributed by atoms with Crippen LogP contribution < -0.4 is 10.5 Å². The van der Waals surface area contributed by atoms with Gasteiger partial charge in [-0.2, -0.15) is 0 Å². The van der Waals surface area contributed by atoms with Gasteiger partial charge in [0.05, 0.1) is 18.1 Å². The molecule has 178 valence electrons. The Balaban J connectivity index is 1.34. The van der Waals surface area contributed by atoms with Gasteiger partial charge in [0.25, 0.3) is 5.91 Å². The second-order valence-electron chi connectivity index (χ2n) is 8.82. The SMILES string of the molecule is COc1ccc2[nH]cc(CCCc3nc(Cc4ccc5c(c4)nc(C)n5C)cc(C(N)=O)n3)c2c1. The number of fused-ring (bicyclic) bond motifs is 2. The summed E-state index contributed by atoms with van der Waals surface area (Å²) in [5.74, 6) is 1.88. The van der Waals surface area contributed by atoms with E-state index in [4.69, 9.17) is 15.5 Å². The standard InChI is InChI=1S/C27H28N6O2/c1-16-30-23-12-17(7-10-25(23)33(16)2)11-19-13-24(27(28)34)32-26(31-19)6-4-5-18-15-29-22-9-8-20(35-3)14-21(18)22/h7-10,12-15,29H,4-6,11H2,1-3H3,(H2,28,34). The quantitative estimate of drug-likeness (QED) is 0.357. The van der Waals surface area contributed by atoms with Crippen molar-refractivity contribution in [3.63, 3.8) is 0 Å². The normalized spacial score (nSPS) is 11.4. The first kappa shape index (κ1) is 22.6. The van der Waals surface area contributed by atoms with Crippen molar-refractivity contribution in [2.45, 2.75) is 32.6 Å². The van der Waals surface area contributed by atoms with Gasteiger partial charge in [-0.3, -0.25) is 4.79 Å². The van der Waals surface area contributed by atoms with E-state index in [1.165, 1.54) is 5.56 Å². The Kier molecular flexibility index (Phi) is 5.94. The minimum atomic E-state index is -0.547. The Morgan fingerprint density at radius 3 is 2.74 bits per heavy atom. The first-order valence-corrected chi connectivity index (χ1v) is 11.6. The maximum atomic E-state index is 11.9. The predicted octanol–water partition coefficient (Wildman–Crippen LogP) is 4.03. The number of carbonyl (C=O) groups excluding carboxylic acids is 1. The van der Waals surface area contributed by atoms with E-state index in [9.17, 15) is 4.79 Å². The number of hydrogen-bond donors (Lipinski definition) is 2. The Morgan fingerprint density at radius 2 is 1.94 bits per heavy atom. The summed E-state index contributed by atoms with van der Waals surface area (Å²) in [7, 11) is 3.68.